The number of esters is 2. The third-order valence-electron chi connectivity index (χ3n) is 8.54. The number of allylic oxidation sites excluding steroid dienone is 4. The van der Waals surface area contributed by atoms with Gasteiger partial charge >= 0.3 is 57.1 Å². The maximum absolute atomic E-state index is 12.4. The van der Waals surface area contributed by atoms with Crippen molar-refractivity contribution in [3.8, 4) is 23.0 Å². The Morgan fingerprint density at radius 1 is 0.478 bits per heavy atom. The fourth-order valence-corrected chi connectivity index (χ4v) is 5.54. The zero-order valence-electron chi connectivity index (χ0n) is 35.7. The predicted octanol–water partition coefficient (Wildman–Crippen LogP) is 12.0. The third kappa shape index (κ3) is 23.8. The minimum atomic E-state index is -10.7. The molecule has 2 atom stereocenters. The second-order valence-corrected chi connectivity index (χ2v) is 15.8. The largest absolute Gasteiger partial charge is 0.0767 e. The smallest absolute Gasteiger partial charge is 0.00506 e. The maximum Gasteiger partial charge on any atom is 0.00506 e. The molecule has 0 fully saturated rings. The van der Waals surface area contributed by atoms with Gasteiger partial charge in [0, 0.05) is 42.4 Å². The number of hydrogen-bond donors (Lipinski definition) is 2. The van der Waals surface area contributed by atoms with E-state index in [0.29, 0.717) is 23.0 Å². The summed E-state index contributed by atoms with van der Waals surface area (Å²) in [5.74, 6) is 0.942. The van der Waals surface area contributed by atoms with Gasteiger partial charge in [0.15, 0.2) is 0 Å². The van der Waals surface area contributed by atoms with Crippen LogP contribution in [0.15, 0.2) is 158 Å². The van der Waals surface area contributed by atoms with E-state index in [-0.39, 0.29) is 43.1 Å². The first-order valence-corrected chi connectivity index (χ1v) is 21.7. The van der Waals surface area contributed by atoms with E-state index < -0.39 is 44.0 Å². The van der Waals surface area contributed by atoms with Crippen LogP contribution in [0.3, 0.4) is 0 Å². The van der Waals surface area contributed by atoms with Crippen molar-refractivity contribution < 1.29 is 89.8 Å². The van der Waals surface area contributed by atoms with Crippen molar-refractivity contribution in [3.63, 3.8) is 0 Å². The van der Waals surface area contributed by atoms with Gasteiger partial charge < -0.3 is 39.1 Å². The molecule has 67 heavy (non-hydrogen) atoms. The van der Waals surface area contributed by atoms with E-state index in [0.717, 1.165) is 22.3 Å². The molecule has 0 saturated heterocycles. The van der Waals surface area contributed by atoms with E-state index in [1.807, 2.05) is 91.4 Å². The Kier molecular flexibility index (Phi) is 20.5. The maximum atomic E-state index is 12.4. The van der Waals surface area contributed by atoms with Crippen LogP contribution < -0.4 is 20.1 Å². The molecule has 12 nitrogen and oxygen atoms in total. The van der Waals surface area contributed by atoms with E-state index in [1.165, 1.54) is 14.2 Å². The minimum Gasteiger partial charge on any atom is -0.0767 e. The van der Waals surface area contributed by atoms with Crippen LogP contribution in [0, 0.1) is 6.42 Å². The van der Waals surface area contributed by atoms with E-state index in [9.17, 15) is 44.4 Å². The molecule has 5 aromatic carbocycles. The molecule has 359 valence electrons. The van der Waals surface area contributed by atoms with Gasteiger partial charge in [0.2, 0.25) is 0 Å². The normalized spacial score (nSPS) is 13.1. The monoisotopic (exact) mass is 998 g/mol. The van der Waals surface area contributed by atoms with Crippen molar-refractivity contribution in [3.05, 3.63) is 186 Å². The molecule has 0 spiro atoms. The Morgan fingerprint density at radius 2 is 0.836 bits per heavy atom. The van der Waals surface area contributed by atoms with Crippen LogP contribution in [0.4, 0.5) is 34.8 Å². The van der Waals surface area contributed by atoms with Crippen LogP contribution in [-0.2, 0) is 71.7 Å². The summed E-state index contributed by atoms with van der Waals surface area (Å²) in [6, 6.07) is 37.8. The van der Waals surface area contributed by atoms with E-state index in [1.54, 1.807) is 72.8 Å². The zero-order chi connectivity index (χ0) is 48.1. The van der Waals surface area contributed by atoms with Crippen molar-refractivity contribution in [2.24, 2.45) is 0 Å². The molecule has 0 saturated carbocycles. The molecule has 5 aromatic rings. The van der Waals surface area contributed by atoms with E-state index in [2.05, 4.69) is 10.6 Å². The predicted molar refractivity (Wildman–Crippen MR) is 234 cm³/mol. The second kappa shape index (κ2) is 25.2. The summed E-state index contributed by atoms with van der Waals surface area (Å²) in [5, 5.41) is 5.16. The molecule has 0 aliphatic heterocycles. The van der Waals surface area contributed by atoms with Gasteiger partial charge in [-0.1, -0.05) is 115 Å². The summed E-state index contributed by atoms with van der Waals surface area (Å²) in [6.45, 7) is 0.137. The van der Waals surface area contributed by atoms with E-state index in [4.69, 9.17) is 28.4 Å². The number of carbonyl (C=O) groups is 4. The zero-order valence-corrected chi connectivity index (χ0v) is 37.7. The summed E-state index contributed by atoms with van der Waals surface area (Å²) in [6.07, 6.45) is 8.89. The summed E-state index contributed by atoms with van der Waals surface area (Å²) in [5.41, 5.74) is 3.17. The molecule has 2 amide bonds. The number of halogens is 6. The number of methoxy groups -OCH3 is 2. The van der Waals surface area contributed by atoms with Crippen molar-refractivity contribution in [1.82, 2.24) is 10.6 Å². The SMILES string of the molecule is COC(=O)[C@H](Cc1ccc(Oc2cccc(Oc3ccc(C[C@H](NC(=O)OCc4ccccc4)C(=O)OC)cc3)c2)cc1)NC(=O)OCc1ccccc1.F[P-](F)(F)(F)(F)F.[CH]1C=CC=C1.[Fe]. The molecule has 0 heterocycles. The van der Waals surface area contributed by atoms with Crippen LogP contribution in [0.2, 0.25) is 0 Å². The topological polar surface area (TPSA) is 148 Å². The molecule has 20 heteroatoms. The third-order valence-corrected chi connectivity index (χ3v) is 8.54. The van der Waals surface area contributed by atoms with Crippen LogP contribution >= 0.6 is 7.81 Å². The minimum absolute atomic E-state index is 0. The standard InChI is InChI=1S/C42H40N2O10.C5H5.F6P.Fe/c1-49-39(45)37(43-41(47)51-27-31-10-5-3-6-11-31)24-29-16-20-33(21-17-29)53-35-14-9-15-36(26-35)54-34-22-18-30(19-23-34)25-38(40(46)50-2)44-42(48)52-28-32-12-7-4-8-13-32;1-2-4-5-3-1;1-7(2,3,4,5)6;/h3-23,26,37-38H,24-25,27-28H2,1-2H3,(H,43,47)(H,44,48);1-5H;;/q;;-1;/t37-,38-;;;/m0.../s1. The number of benzene rings is 5. The molecular weight excluding hydrogens is 953 g/mol. The molecule has 1 aliphatic rings. The van der Waals surface area contributed by atoms with Gasteiger partial charge in [0.1, 0.15) is 48.3 Å². The van der Waals surface area contributed by atoms with Gasteiger partial charge in [-0.2, -0.15) is 0 Å². The van der Waals surface area contributed by atoms with Crippen molar-refractivity contribution in [1.29, 1.82) is 0 Å². The number of nitrogens with one attached hydrogen (secondary N) is 2. The summed E-state index contributed by atoms with van der Waals surface area (Å²) in [4.78, 5) is 49.7. The van der Waals surface area contributed by atoms with Crippen LogP contribution in [0.25, 0.3) is 0 Å². The fourth-order valence-electron chi connectivity index (χ4n) is 5.54. The Hall–Kier alpha value is -6.81. The van der Waals surface area contributed by atoms with Crippen molar-refractivity contribution in [2.45, 2.75) is 38.1 Å². The molecule has 0 unspecified atom stereocenters. The first-order chi connectivity index (χ1) is 31.2. The molecule has 2 N–H and O–H groups in total. The average molecular weight is 999 g/mol. The molecule has 6 rings (SSSR count). The molecule has 0 aromatic heterocycles. The van der Waals surface area contributed by atoms with Crippen LogP contribution in [0.1, 0.15) is 22.3 Å². The van der Waals surface area contributed by atoms with Gasteiger partial charge in [0.05, 0.1) is 14.2 Å². The van der Waals surface area contributed by atoms with Crippen LogP contribution in [0.5, 0.6) is 23.0 Å². The molecule has 1 radical (unpaired) electrons. The first-order valence-electron chi connectivity index (χ1n) is 19.7. The summed E-state index contributed by atoms with van der Waals surface area (Å²) < 4.78 is 91.6. The first kappa shape index (κ1) is 54.5. The average Bonchev–Trinajstić information content (AvgIpc) is 3.89. The number of amides is 2. The number of rotatable bonds is 16. The van der Waals surface area contributed by atoms with Gasteiger partial charge in [-0.15, -0.1) is 0 Å². The molecular formula is C47H45F6FeN2O10P-. The van der Waals surface area contributed by atoms with Crippen LogP contribution in [-0.4, -0.2) is 50.4 Å². The van der Waals surface area contributed by atoms with Gasteiger partial charge in [0.25, 0.3) is 0 Å². The Balaban J connectivity index is 0.000000801. The number of ether oxygens (including phenoxy) is 6. The van der Waals surface area contributed by atoms with Gasteiger partial charge in [-0.25, -0.2) is 19.2 Å². The fraction of sp³-hybridized carbons (Fsp3) is 0.170. The van der Waals surface area contributed by atoms with Gasteiger partial charge in [-0.3, -0.25) is 0 Å². The number of carbonyl (C=O) groups excluding carboxylic acids is 4. The Bertz CT molecular complexity index is 2250. The number of alkyl carbamates (subject to hydrolysis) is 2. The van der Waals surface area contributed by atoms with Crippen molar-refractivity contribution >= 4 is 31.9 Å². The molecule has 1 aliphatic carbocycles. The number of hydrogen-bond acceptors (Lipinski definition) is 10. The molecule has 0 bridgehead atoms. The van der Waals surface area contributed by atoms with Gasteiger partial charge in [-0.05, 0) is 58.7 Å². The quantitative estimate of drug-likeness (QED) is 0.0322. The van der Waals surface area contributed by atoms with E-state index >= 15 is 0 Å². The summed E-state index contributed by atoms with van der Waals surface area (Å²) in [7, 11) is -8.14. The Labute approximate surface area is 392 Å². The Morgan fingerprint density at radius 3 is 1.15 bits per heavy atom. The summed E-state index contributed by atoms with van der Waals surface area (Å²) >= 11 is 0. The second-order valence-electron chi connectivity index (χ2n) is 13.9. The van der Waals surface area contributed by atoms with Crippen molar-refractivity contribution in [2.75, 3.05) is 14.2 Å².